The molecule has 3 aromatic carbocycles. The number of ether oxygens (including phenoxy) is 2. The molecule has 0 fully saturated rings. The van der Waals surface area contributed by atoms with E-state index in [1.165, 1.54) is 26.4 Å². The van der Waals surface area contributed by atoms with Gasteiger partial charge in [-0.05, 0) is 55.1 Å². The van der Waals surface area contributed by atoms with Crippen molar-refractivity contribution < 1.29 is 22.7 Å². The van der Waals surface area contributed by atoms with E-state index < -0.39 is 10.0 Å². The van der Waals surface area contributed by atoms with E-state index in [0.717, 1.165) is 5.56 Å². The molecule has 0 aromatic heterocycles. The highest BCUT2D eigenvalue weighted by Gasteiger charge is 2.21. The zero-order valence-corrected chi connectivity index (χ0v) is 19.6. The van der Waals surface area contributed by atoms with Gasteiger partial charge in [0.1, 0.15) is 16.4 Å². The van der Waals surface area contributed by atoms with E-state index in [-0.39, 0.29) is 23.1 Å². The maximum atomic E-state index is 13.0. The molecule has 0 aliphatic heterocycles. The number of sulfonamides is 1. The third kappa shape index (κ3) is 6.71. The first-order valence-electron chi connectivity index (χ1n) is 10.2. The SMILES string of the molecule is COc1ccc(NS(=O)(=O)c2cc(NC(=O)CN(C)Cc3ccccc3)ccc2OC)cc1. The zero-order valence-electron chi connectivity index (χ0n) is 18.7. The molecule has 1 amide bonds. The van der Waals surface area contributed by atoms with Gasteiger partial charge in [0.25, 0.3) is 10.0 Å². The van der Waals surface area contributed by atoms with Gasteiger partial charge in [0, 0.05) is 17.9 Å². The molecule has 0 saturated heterocycles. The van der Waals surface area contributed by atoms with E-state index in [0.29, 0.717) is 23.7 Å². The molecule has 0 aliphatic carbocycles. The van der Waals surface area contributed by atoms with Gasteiger partial charge in [0.05, 0.1) is 20.8 Å². The molecule has 0 heterocycles. The number of nitrogens with zero attached hydrogens (tertiary/aromatic N) is 1. The quantitative estimate of drug-likeness (QED) is 0.471. The summed E-state index contributed by atoms with van der Waals surface area (Å²) >= 11 is 0. The van der Waals surface area contributed by atoms with Crippen LogP contribution in [0.1, 0.15) is 5.56 Å². The maximum absolute atomic E-state index is 13.0. The number of carbonyl (C=O) groups excluding carboxylic acids is 1. The standard InChI is InChI=1S/C24H27N3O5S/c1-27(16-18-7-5-4-6-8-18)17-24(28)25-20-11-14-22(32-3)23(15-20)33(29,30)26-19-9-12-21(31-2)13-10-19/h4-15,26H,16-17H2,1-3H3,(H,25,28). The summed E-state index contributed by atoms with van der Waals surface area (Å²) in [5.41, 5.74) is 1.81. The molecule has 0 aliphatic rings. The van der Waals surface area contributed by atoms with Gasteiger partial charge >= 0.3 is 0 Å². The molecular weight excluding hydrogens is 442 g/mol. The van der Waals surface area contributed by atoms with Crippen LogP contribution in [0.3, 0.4) is 0 Å². The lowest BCUT2D eigenvalue weighted by Crippen LogP contribution is -2.29. The summed E-state index contributed by atoms with van der Waals surface area (Å²) in [7, 11) is 0.786. The van der Waals surface area contributed by atoms with Crippen LogP contribution in [-0.4, -0.2) is 47.0 Å². The number of anilines is 2. The summed E-state index contributed by atoms with van der Waals surface area (Å²) in [5.74, 6) is 0.512. The summed E-state index contributed by atoms with van der Waals surface area (Å²) < 4.78 is 38.9. The highest BCUT2D eigenvalue weighted by Crippen LogP contribution is 2.29. The number of carbonyl (C=O) groups is 1. The number of nitrogens with one attached hydrogen (secondary N) is 2. The van der Waals surface area contributed by atoms with Crippen molar-refractivity contribution in [2.24, 2.45) is 0 Å². The summed E-state index contributed by atoms with van der Waals surface area (Å²) in [5, 5.41) is 2.76. The summed E-state index contributed by atoms with van der Waals surface area (Å²) in [6, 6.07) is 20.8. The monoisotopic (exact) mass is 469 g/mol. The zero-order chi connectivity index (χ0) is 23.8. The van der Waals surface area contributed by atoms with Crippen LogP contribution in [0.2, 0.25) is 0 Å². The molecule has 0 bridgehead atoms. The number of benzene rings is 3. The Balaban J connectivity index is 1.72. The van der Waals surface area contributed by atoms with Crippen molar-refractivity contribution in [2.75, 3.05) is 37.9 Å². The molecule has 3 aromatic rings. The number of likely N-dealkylation sites (N-methyl/N-ethyl adjacent to an activating group) is 1. The minimum atomic E-state index is -3.98. The van der Waals surface area contributed by atoms with Gasteiger partial charge in [-0.3, -0.25) is 14.4 Å². The average molecular weight is 470 g/mol. The second-order valence-corrected chi connectivity index (χ2v) is 9.06. The van der Waals surface area contributed by atoms with E-state index in [1.54, 1.807) is 30.3 Å². The number of hydrogen-bond acceptors (Lipinski definition) is 6. The Morgan fingerprint density at radius 3 is 2.21 bits per heavy atom. The molecule has 9 heteroatoms. The molecular formula is C24H27N3O5S. The molecule has 33 heavy (non-hydrogen) atoms. The van der Waals surface area contributed by atoms with Crippen LogP contribution < -0.4 is 19.5 Å². The van der Waals surface area contributed by atoms with Crippen LogP contribution in [0.15, 0.2) is 77.7 Å². The maximum Gasteiger partial charge on any atom is 0.265 e. The number of amides is 1. The fourth-order valence-electron chi connectivity index (χ4n) is 3.23. The van der Waals surface area contributed by atoms with Crippen molar-refractivity contribution in [2.45, 2.75) is 11.4 Å². The van der Waals surface area contributed by atoms with E-state index in [2.05, 4.69) is 10.0 Å². The fourth-order valence-corrected chi connectivity index (χ4v) is 4.49. The molecule has 174 valence electrons. The summed E-state index contributed by atoms with van der Waals surface area (Å²) in [6.07, 6.45) is 0. The van der Waals surface area contributed by atoms with Crippen LogP contribution in [0.25, 0.3) is 0 Å². The van der Waals surface area contributed by atoms with Gasteiger partial charge in [0.15, 0.2) is 0 Å². The van der Waals surface area contributed by atoms with Gasteiger partial charge in [-0.2, -0.15) is 0 Å². The van der Waals surface area contributed by atoms with Crippen molar-refractivity contribution in [3.05, 3.63) is 78.4 Å². The lowest BCUT2D eigenvalue weighted by atomic mass is 10.2. The molecule has 0 atom stereocenters. The van der Waals surface area contributed by atoms with E-state index >= 15 is 0 Å². The highest BCUT2D eigenvalue weighted by molar-refractivity contribution is 7.92. The fraction of sp³-hybridized carbons (Fsp3) is 0.208. The predicted octanol–water partition coefficient (Wildman–Crippen LogP) is 3.58. The number of rotatable bonds is 10. The first-order chi connectivity index (χ1) is 15.8. The number of methoxy groups -OCH3 is 2. The van der Waals surface area contributed by atoms with Gasteiger partial charge in [-0.1, -0.05) is 30.3 Å². The lowest BCUT2D eigenvalue weighted by molar-refractivity contribution is -0.117. The van der Waals surface area contributed by atoms with Crippen molar-refractivity contribution >= 4 is 27.3 Å². The van der Waals surface area contributed by atoms with E-state index in [4.69, 9.17) is 9.47 Å². The van der Waals surface area contributed by atoms with Gasteiger partial charge in [-0.25, -0.2) is 8.42 Å². The Morgan fingerprint density at radius 2 is 1.58 bits per heavy atom. The molecule has 0 spiro atoms. The minimum Gasteiger partial charge on any atom is -0.497 e. The largest absolute Gasteiger partial charge is 0.497 e. The first-order valence-corrected chi connectivity index (χ1v) is 11.7. The Hall–Kier alpha value is -3.56. The normalized spacial score (nSPS) is 11.2. The summed E-state index contributed by atoms with van der Waals surface area (Å²) in [4.78, 5) is 14.3. The van der Waals surface area contributed by atoms with Crippen molar-refractivity contribution in [1.29, 1.82) is 0 Å². The van der Waals surface area contributed by atoms with Crippen molar-refractivity contribution in [1.82, 2.24) is 4.90 Å². The Kier molecular flexibility index (Phi) is 7.92. The van der Waals surface area contributed by atoms with Crippen molar-refractivity contribution in [3.8, 4) is 11.5 Å². The van der Waals surface area contributed by atoms with Crippen LogP contribution in [0.4, 0.5) is 11.4 Å². The summed E-state index contributed by atoms with van der Waals surface area (Å²) in [6.45, 7) is 0.759. The van der Waals surface area contributed by atoms with E-state index in [1.807, 2.05) is 42.3 Å². The third-order valence-electron chi connectivity index (χ3n) is 4.79. The van der Waals surface area contributed by atoms with Gasteiger partial charge in [-0.15, -0.1) is 0 Å². The Labute approximate surface area is 194 Å². The molecule has 3 rings (SSSR count). The second kappa shape index (κ2) is 10.8. The second-order valence-electron chi connectivity index (χ2n) is 7.41. The topological polar surface area (TPSA) is 97.0 Å². The van der Waals surface area contributed by atoms with Crippen LogP contribution in [-0.2, 0) is 21.4 Å². The lowest BCUT2D eigenvalue weighted by Gasteiger charge is -2.17. The molecule has 0 unspecified atom stereocenters. The average Bonchev–Trinajstić information content (AvgIpc) is 2.79. The van der Waals surface area contributed by atoms with Crippen molar-refractivity contribution in [3.63, 3.8) is 0 Å². The van der Waals surface area contributed by atoms with Crippen LogP contribution in [0.5, 0.6) is 11.5 Å². The van der Waals surface area contributed by atoms with Gasteiger partial charge < -0.3 is 14.8 Å². The molecule has 0 radical (unpaired) electrons. The predicted molar refractivity (Wildman–Crippen MR) is 128 cm³/mol. The highest BCUT2D eigenvalue weighted by atomic mass is 32.2. The van der Waals surface area contributed by atoms with Crippen LogP contribution in [0, 0.1) is 0 Å². The Bertz CT molecular complexity index is 1180. The third-order valence-corrected chi connectivity index (χ3v) is 6.19. The molecule has 0 saturated carbocycles. The number of hydrogen-bond donors (Lipinski definition) is 2. The Morgan fingerprint density at radius 1 is 0.909 bits per heavy atom. The molecule has 2 N–H and O–H groups in total. The van der Waals surface area contributed by atoms with E-state index in [9.17, 15) is 13.2 Å². The van der Waals surface area contributed by atoms with Crippen LogP contribution >= 0.6 is 0 Å². The first kappa shape index (κ1) is 24.1. The van der Waals surface area contributed by atoms with Gasteiger partial charge in [0.2, 0.25) is 5.91 Å². The molecule has 8 nitrogen and oxygen atoms in total. The smallest absolute Gasteiger partial charge is 0.265 e. The minimum absolute atomic E-state index is 0.0868.